The van der Waals surface area contributed by atoms with Gasteiger partial charge in [-0.2, -0.15) is 0 Å². The molecule has 3 nitrogen and oxygen atoms in total. The SMILES string of the molecule is O=C([O-])c1ccc2c(c1)[C@H]1C=CC[C@@H]1[C@@H](c1c(F)cccc1Cl)N2. The Morgan fingerprint density at radius 2 is 2.12 bits per heavy atom. The number of anilines is 1. The van der Waals surface area contributed by atoms with Gasteiger partial charge in [-0.1, -0.05) is 35.9 Å². The van der Waals surface area contributed by atoms with Crippen LogP contribution in [0.2, 0.25) is 5.02 Å². The lowest BCUT2D eigenvalue weighted by Crippen LogP contribution is -2.30. The molecule has 3 atom stereocenters. The molecular formula is C19H14ClFNO2-. The maximum absolute atomic E-state index is 14.4. The molecular weight excluding hydrogens is 329 g/mol. The number of aromatic carboxylic acids is 1. The van der Waals surface area contributed by atoms with E-state index in [2.05, 4.69) is 17.5 Å². The molecule has 0 radical (unpaired) electrons. The van der Waals surface area contributed by atoms with Gasteiger partial charge in [0.25, 0.3) is 0 Å². The molecule has 5 heteroatoms. The molecule has 122 valence electrons. The normalized spacial score (nSPS) is 24.2. The molecule has 0 aromatic heterocycles. The predicted octanol–water partition coefficient (Wildman–Crippen LogP) is 3.67. The zero-order chi connectivity index (χ0) is 16.8. The third-order valence-electron chi connectivity index (χ3n) is 4.91. The molecule has 0 unspecified atom stereocenters. The van der Waals surface area contributed by atoms with Gasteiger partial charge in [-0.25, -0.2) is 4.39 Å². The number of carboxylic acid groups (broad SMARTS) is 1. The molecule has 0 amide bonds. The topological polar surface area (TPSA) is 52.2 Å². The average molecular weight is 343 g/mol. The van der Waals surface area contributed by atoms with Crippen molar-refractivity contribution in [1.82, 2.24) is 0 Å². The number of rotatable bonds is 2. The van der Waals surface area contributed by atoms with E-state index < -0.39 is 5.97 Å². The number of nitrogens with one attached hydrogen (secondary N) is 1. The van der Waals surface area contributed by atoms with E-state index in [1.165, 1.54) is 12.1 Å². The van der Waals surface area contributed by atoms with E-state index in [1.807, 2.05) is 0 Å². The zero-order valence-corrected chi connectivity index (χ0v) is 13.4. The van der Waals surface area contributed by atoms with Crippen molar-refractivity contribution in [2.75, 3.05) is 5.32 Å². The monoisotopic (exact) mass is 342 g/mol. The summed E-state index contributed by atoms with van der Waals surface area (Å²) in [5.74, 6) is -1.42. The quantitative estimate of drug-likeness (QED) is 0.847. The van der Waals surface area contributed by atoms with Gasteiger partial charge in [0.2, 0.25) is 0 Å². The smallest absolute Gasteiger partial charge is 0.129 e. The first-order valence-corrected chi connectivity index (χ1v) is 8.16. The van der Waals surface area contributed by atoms with E-state index in [-0.39, 0.29) is 29.3 Å². The van der Waals surface area contributed by atoms with E-state index in [9.17, 15) is 14.3 Å². The van der Waals surface area contributed by atoms with Crippen LogP contribution in [0, 0.1) is 11.7 Å². The van der Waals surface area contributed by atoms with Crippen molar-refractivity contribution in [3.63, 3.8) is 0 Å². The Morgan fingerprint density at radius 1 is 1.29 bits per heavy atom. The first-order chi connectivity index (χ1) is 11.6. The standard InChI is InChI=1S/C19H15ClFNO2/c20-14-5-2-6-15(21)17(14)18-12-4-1-3-11(12)13-9-10(19(23)24)7-8-16(13)22-18/h1-3,5-9,11-12,18,22H,4H2,(H,23,24)/p-1/t11-,12-,18-/m0/s1. The Balaban J connectivity index is 1.83. The second-order valence-electron chi connectivity index (χ2n) is 6.20. The minimum atomic E-state index is -1.20. The third kappa shape index (κ3) is 2.29. The molecule has 2 aliphatic rings. The lowest BCUT2D eigenvalue weighted by molar-refractivity contribution is -0.255. The molecule has 2 aromatic carbocycles. The molecule has 1 aliphatic heterocycles. The number of benzene rings is 2. The highest BCUT2D eigenvalue weighted by Gasteiger charge is 2.39. The predicted molar refractivity (Wildman–Crippen MR) is 88.5 cm³/mol. The number of carbonyl (C=O) groups excluding carboxylic acids is 1. The zero-order valence-electron chi connectivity index (χ0n) is 12.6. The first kappa shape index (κ1) is 15.2. The van der Waals surface area contributed by atoms with Crippen LogP contribution in [0.4, 0.5) is 10.1 Å². The lowest BCUT2D eigenvalue weighted by atomic mass is 9.76. The van der Waals surface area contributed by atoms with Crippen LogP contribution in [0.25, 0.3) is 0 Å². The Kier molecular flexibility index (Phi) is 3.57. The van der Waals surface area contributed by atoms with Crippen LogP contribution in [-0.4, -0.2) is 5.97 Å². The number of hydrogen-bond donors (Lipinski definition) is 1. The van der Waals surface area contributed by atoms with Crippen LogP contribution in [0.1, 0.15) is 39.9 Å². The summed E-state index contributed by atoms with van der Waals surface area (Å²) in [5.41, 5.74) is 2.32. The van der Waals surface area contributed by atoms with Crippen molar-refractivity contribution in [1.29, 1.82) is 0 Å². The average Bonchev–Trinajstić information content (AvgIpc) is 3.04. The van der Waals surface area contributed by atoms with E-state index >= 15 is 0 Å². The van der Waals surface area contributed by atoms with Gasteiger partial charge in [0.15, 0.2) is 0 Å². The highest BCUT2D eigenvalue weighted by Crippen LogP contribution is 2.51. The molecule has 1 N–H and O–H groups in total. The molecule has 0 saturated carbocycles. The second kappa shape index (κ2) is 5.64. The summed E-state index contributed by atoms with van der Waals surface area (Å²) < 4.78 is 14.4. The summed E-state index contributed by atoms with van der Waals surface area (Å²) in [7, 11) is 0. The number of fused-ring (bicyclic) bond motifs is 3. The lowest BCUT2D eigenvalue weighted by Gasteiger charge is -2.38. The van der Waals surface area contributed by atoms with Crippen LogP contribution >= 0.6 is 11.6 Å². The number of allylic oxidation sites excluding steroid dienone is 2. The maximum atomic E-state index is 14.4. The summed E-state index contributed by atoms with van der Waals surface area (Å²) in [4.78, 5) is 11.1. The van der Waals surface area contributed by atoms with Crippen molar-refractivity contribution in [3.8, 4) is 0 Å². The van der Waals surface area contributed by atoms with Crippen molar-refractivity contribution in [2.45, 2.75) is 18.4 Å². The maximum Gasteiger partial charge on any atom is 0.129 e. The van der Waals surface area contributed by atoms with Gasteiger partial charge in [-0.05, 0) is 47.7 Å². The Labute approximate surface area is 143 Å². The summed E-state index contributed by atoms with van der Waals surface area (Å²) in [6, 6.07) is 9.28. The van der Waals surface area contributed by atoms with Gasteiger partial charge < -0.3 is 15.2 Å². The fourth-order valence-electron chi connectivity index (χ4n) is 3.81. The van der Waals surface area contributed by atoms with E-state index in [0.29, 0.717) is 10.6 Å². The molecule has 1 heterocycles. The van der Waals surface area contributed by atoms with Crippen LogP contribution in [0.3, 0.4) is 0 Å². The Bertz CT molecular complexity index is 844. The van der Waals surface area contributed by atoms with Crippen LogP contribution < -0.4 is 10.4 Å². The van der Waals surface area contributed by atoms with Gasteiger partial charge in [0.1, 0.15) is 5.82 Å². The number of carboxylic acids is 1. The van der Waals surface area contributed by atoms with E-state index in [4.69, 9.17) is 11.6 Å². The van der Waals surface area contributed by atoms with Gasteiger partial charge in [-0.15, -0.1) is 0 Å². The molecule has 24 heavy (non-hydrogen) atoms. The fraction of sp³-hybridized carbons (Fsp3) is 0.211. The van der Waals surface area contributed by atoms with Gasteiger partial charge in [0, 0.05) is 22.2 Å². The highest BCUT2D eigenvalue weighted by molar-refractivity contribution is 6.31. The molecule has 0 saturated heterocycles. The van der Waals surface area contributed by atoms with Crippen LogP contribution in [0.5, 0.6) is 0 Å². The molecule has 0 bridgehead atoms. The van der Waals surface area contributed by atoms with Gasteiger partial charge >= 0.3 is 0 Å². The van der Waals surface area contributed by atoms with E-state index in [1.54, 1.807) is 24.3 Å². The first-order valence-electron chi connectivity index (χ1n) is 7.78. The molecule has 0 fully saturated rings. The molecule has 1 aliphatic carbocycles. The van der Waals surface area contributed by atoms with E-state index in [0.717, 1.165) is 17.7 Å². The summed E-state index contributed by atoms with van der Waals surface area (Å²) in [5, 5.41) is 14.9. The van der Waals surface area contributed by atoms with Gasteiger partial charge in [0.05, 0.1) is 12.0 Å². The van der Waals surface area contributed by atoms with Crippen molar-refractivity contribution < 1.29 is 14.3 Å². The number of hydrogen-bond acceptors (Lipinski definition) is 3. The summed E-state index contributed by atoms with van der Waals surface area (Å²) in [6.45, 7) is 0. The Morgan fingerprint density at radius 3 is 2.88 bits per heavy atom. The summed E-state index contributed by atoms with van der Waals surface area (Å²) in [6.07, 6.45) is 4.90. The Hall–Kier alpha value is -2.33. The minimum absolute atomic E-state index is 0.0289. The third-order valence-corrected chi connectivity index (χ3v) is 5.24. The van der Waals surface area contributed by atoms with Crippen molar-refractivity contribution in [3.05, 3.63) is 76.1 Å². The molecule has 4 rings (SSSR count). The number of carbonyl (C=O) groups is 1. The highest BCUT2D eigenvalue weighted by atomic mass is 35.5. The minimum Gasteiger partial charge on any atom is -0.545 e. The fourth-order valence-corrected chi connectivity index (χ4v) is 4.10. The van der Waals surface area contributed by atoms with Crippen molar-refractivity contribution in [2.24, 2.45) is 5.92 Å². The molecule has 0 spiro atoms. The van der Waals surface area contributed by atoms with Gasteiger partial charge in [-0.3, -0.25) is 0 Å². The van der Waals surface area contributed by atoms with Crippen LogP contribution in [-0.2, 0) is 0 Å². The van der Waals surface area contributed by atoms with Crippen LogP contribution in [0.15, 0.2) is 48.6 Å². The summed E-state index contributed by atoms with van der Waals surface area (Å²) >= 11 is 6.26. The largest absolute Gasteiger partial charge is 0.545 e. The second-order valence-corrected chi connectivity index (χ2v) is 6.61. The van der Waals surface area contributed by atoms with Crippen molar-refractivity contribution >= 4 is 23.3 Å². The number of halogens is 2. The molecule has 2 aromatic rings.